The molecule has 0 spiro atoms. The van der Waals surface area contributed by atoms with Crippen molar-refractivity contribution in [1.29, 1.82) is 0 Å². The summed E-state index contributed by atoms with van der Waals surface area (Å²) in [7, 11) is -3.85. The standard InChI is InChI=1S/C22H21NO4S/c1-14-3-7-18(8-4-14)28(26,27)23-12-11-21-20(16-5-6-17(25)13-16)10-9-19(15(2)24)22(21)23/h3-4,7-12,16H,5-6,13H2,1-2H3/t16-/m1/s1. The molecule has 0 aliphatic heterocycles. The van der Waals surface area contributed by atoms with Gasteiger partial charge in [-0.2, -0.15) is 0 Å². The molecule has 1 aromatic heterocycles. The van der Waals surface area contributed by atoms with E-state index in [0.717, 1.165) is 22.9 Å². The number of fused-ring (bicyclic) bond motifs is 1. The summed E-state index contributed by atoms with van der Waals surface area (Å²) in [4.78, 5) is 24.2. The van der Waals surface area contributed by atoms with Crippen molar-refractivity contribution in [2.24, 2.45) is 0 Å². The van der Waals surface area contributed by atoms with Crippen LogP contribution in [0.2, 0.25) is 0 Å². The van der Waals surface area contributed by atoms with E-state index in [-0.39, 0.29) is 22.4 Å². The summed E-state index contributed by atoms with van der Waals surface area (Å²) in [5, 5.41) is 0.725. The van der Waals surface area contributed by atoms with Gasteiger partial charge in [-0.15, -0.1) is 0 Å². The van der Waals surface area contributed by atoms with Crippen molar-refractivity contribution in [1.82, 2.24) is 3.97 Å². The summed E-state index contributed by atoms with van der Waals surface area (Å²) in [5.41, 5.74) is 2.66. The third kappa shape index (κ3) is 2.98. The Kier molecular flexibility index (Phi) is 4.46. The third-order valence-electron chi connectivity index (χ3n) is 5.49. The second-order valence-corrected chi connectivity index (χ2v) is 9.24. The maximum atomic E-state index is 13.3. The molecule has 1 atom stereocenters. The summed E-state index contributed by atoms with van der Waals surface area (Å²) in [6, 6.07) is 11.9. The number of rotatable bonds is 4. The van der Waals surface area contributed by atoms with E-state index in [1.54, 1.807) is 36.4 Å². The highest BCUT2D eigenvalue weighted by atomic mass is 32.2. The molecule has 0 bridgehead atoms. The summed E-state index contributed by atoms with van der Waals surface area (Å²) in [6.45, 7) is 3.33. The number of nitrogens with zero attached hydrogens (tertiary/aromatic N) is 1. The Hall–Kier alpha value is -2.73. The molecule has 1 aliphatic carbocycles. The van der Waals surface area contributed by atoms with Crippen LogP contribution in [0.5, 0.6) is 0 Å². The molecule has 5 nitrogen and oxygen atoms in total. The van der Waals surface area contributed by atoms with E-state index in [0.29, 0.717) is 23.9 Å². The van der Waals surface area contributed by atoms with Crippen molar-refractivity contribution in [2.75, 3.05) is 0 Å². The van der Waals surface area contributed by atoms with Crippen molar-refractivity contribution < 1.29 is 18.0 Å². The van der Waals surface area contributed by atoms with Crippen LogP contribution in [0.3, 0.4) is 0 Å². The molecular formula is C22H21NO4S. The van der Waals surface area contributed by atoms with Gasteiger partial charge >= 0.3 is 0 Å². The van der Waals surface area contributed by atoms with Crippen molar-refractivity contribution in [2.45, 2.75) is 43.9 Å². The molecule has 1 fully saturated rings. The van der Waals surface area contributed by atoms with Gasteiger partial charge in [0.25, 0.3) is 10.0 Å². The topological polar surface area (TPSA) is 73.2 Å². The number of hydrogen-bond acceptors (Lipinski definition) is 4. The number of carbonyl (C=O) groups excluding carboxylic acids is 2. The zero-order valence-electron chi connectivity index (χ0n) is 15.8. The highest BCUT2D eigenvalue weighted by molar-refractivity contribution is 7.90. The first-order chi connectivity index (χ1) is 13.3. The van der Waals surface area contributed by atoms with Gasteiger partial charge in [0.1, 0.15) is 5.78 Å². The monoisotopic (exact) mass is 395 g/mol. The Morgan fingerprint density at radius 1 is 1.07 bits per heavy atom. The molecule has 0 saturated heterocycles. The lowest BCUT2D eigenvalue weighted by molar-refractivity contribution is -0.117. The fourth-order valence-electron chi connectivity index (χ4n) is 4.00. The van der Waals surface area contributed by atoms with Gasteiger partial charge < -0.3 is 0 Å². The summed E-state index contributed by atoms with van der Waals surface area (Å²) < 4.78 is 27.8. The lowest BCUT2D eigenvalue weighted by atomic mass is 9.92. The Morgan fingerprint density at radius 2 is 1.79 bits per heavy atom. The Morgan fingerprint density at radius 3 is 2.39 bits per heavy atom. The van der Waals surface area contributed by atoms with Gasteiger partial charge in [-0.1, -0.05) is 23.8 Å². The van der Waals surface area contributed by atoms with Crippen molar-refractivity contribution in [3.63, 3.8) is 0 Å². The molecule has 144 valence electrons. The fourth-order valence-corrected chi connectivity index (χ4v) is 5.36. The number of carbonyl (C=O) groups is 2. The number of aryl methyl sites for hydroxylation is 1. The first kappa shape index (κ1) is 18.6. The lowest BCUT2D eigenvalue weighted by Gasteiger charge is -2.14. The predicted octanol–water partition coefficient (Wildman–Crippen LogP) is 4.23. The average Bonchev–Trinajstić information content (AvgIpc) is 3.28. The highest BCUT2D eigenvalue weighted by Gasteiger charge is 2.28. The Labute approximate surface area is 164 Å². The first-order valence-corrected chi connectivity index (χ1v) is 10.7. The first-order valence-electron chi connectivity index (χ1n) is 9.28. The van der Waals surface area contributed by atoms with Crippen LogP contribution in [0.25, 0.3) is 10.9 Å². The molecule has 0 radical (unpaired) electrons. The molecule has 4 rings (SSSR count). The van der Waals surface area contributed by atoms with Crippen molar-refractivity contribution >= 4 is 32.5 Å². The molecule has 3 aromatic rings. The molecule has 1 aliphatic rings. The van der Waals surface area contributed by atoms with E-state index in [1.807, 2.05) is 13.0 Å². The number of hydrogen-bond donors (Lipinski definition) is 0. The van der Waals surface area contributed by atoms with Crippen LogP contribution in [0, 0.1) is 6.92 Å². The maximum Gasteiger partial charge on any atom is 0.268 e. The zero-order chi connectivity index (χ0) is 20.1. The Balaban J connectivity index is 1.96. The van der Waals surface area contributed by atoms with E-state index in [4.69, 9.17) is 0 Å². The molecule has 0 N–H and O–H groups in total. The molecule has 1 heterocycles. The minimum absolute atomic E-state index is 0.0638. The van der Waals surface area contributed by atoms with Gasteiger partial charge in [-0.3, -0.25) is 9.59 Å². The van der Waals surface area contributed by atoms with Crippen LogP contribution in [0.15, 0.2) is 53.6 Å². The molecular weight excluding hydrogens is 374 g/mol. The lowest BCUT2D eigenvalue weighted by Crippen LogP contribution is -2.14. The Bertz CT molecular complexity index is 1200. The number of Topliss-reactive ketones (excluding diaryl/α,β-unsaturated/α-hetero) is 2. The molecule has 6 heteroatoms. The zero-order valence-corrected chi connectivity index (χ0v) is 16.6. The van der Waals surface area contributed by atoms with Gasteiger partial charge in [-0.25, -0.2) is 12.4 Å². The quantitative estimate of drug-likeness (QED) is 0.620. The van der Waals surface area contributed by atoms with Gasteiger partial charge in [0, 0.05) is 30.0 Å². The summed E-state index contributed by atoms with van der Waals surface area (Å²) in [6.07, 6.45) is 3.27. The normalized spacial score (nSPS) is 17.4. The number of benzene rings is 2. The molecule has 0 unspecified atom stereocenters. The van der Waals surface area contributed by atoms with Crippen LogP contribution in [-0.2, 0) is 14.8 Å². The molecule has 2 aromatic carbocycles. The van der Waals surface area contributed by atoms with E-state index in [2.05, 4.69) is 0 Å². The van der Waals surface area contributed by atoms with Gasteiger partial charge in [0.05, 0.1) is 10.4 Å². The minimum Gasteiger partial charge on any atom is -0.300 e. The largest absolute Gasteiger partial charge is 0.300 e. The smallest absolute Gasteiger partial charge is 0.268 e. The van der Waals surface area contributed by atoms with Gasteiger partial charge in [0.2, 0.25) is 0 Å². The van der Waals surface area contributed by atoms with Crippen LogP contribution in [0.1, 0.15) is 53.6 Å². The van der Waals surface area contributed by atoms with E-state index < -0.39 is 10.0 Å². The van der Waals surface area contributed by atoms with Gasteiger partial charge in [-0.05, 0) is 56.0 Å². The van der Waals surface area contributed by atoms with E-state index >= 15 is 0 Å². The number of aromatic nitrogens is 1. The second-order valence-electron chi connectivity index (χ2n) is 7.43. The van der Waals surface area contributed by atoms with Crippen LogP contribution in [0.4, 0.5) is 0 Å². The molecule has 1 saturated carbocycles. The SMILES string of the molecule is CC(=O)c1ccc([C@@H]2CCC(=O)C2)c2ccn(S(=O)(=O)c3ccc(C)cc3)c12. The van der Waals surface area contributed by atoms with E-state index in [1.165, 1.54) is 17.1 Å². The number of ketones is 2. The summed E-state index contributed by atoms with van der Waals surface area (Å²) >= 11 is 0. The highest BCUT2D eigenvalue weighted by Crippen LogP contribution is 2.38. The second kappa shape index (κ2) is 6.71. The average molecular weight is 395 g/mol. The maximum absolute atomic E-state index is 13.3. The minimum atomic E-state index is -3.85. The van der Waals surface area contributed by atoms with Crippen LogP contribution >= 0.6 is 0 Å². The summed E-state index contributed by atoms with van der Waals surface area (Å²) in [5.74, 6) is 0.0903. The van der Waals surface area contributed by atoms with Crippen molar-refractivity contribution in [3.05, 3.63) is 65.4 Å². The van der Waals surface area contributed by atoms with Gasteiger partial charge in [0.15, 0.2) is 5.78 Å². The fraction of sp³-hybridized carbons (Fsp3) is 0.273. The molecule has 28 heavy (non-hydrogen) atoms. The van der Waals surface area contributed by atoms with E-state index in [9.17, 15) is 18.0 Å². The molecule has 0 amide bonds. The van der Waals surface area contributed by atoms with Crippen molar-refractivity contribution in [3.8, 4) is 0 Å². The third-order valence-corrected chi connectivity index (χ3v) is 7.18. The van der Waals surface area contributed by atoms with Crippen LogP contribution in [-0.4, -0.2) is 24.0 Å². The predicted molar refractivity (Wildman–Crippen MR) is 107 cm³/mol. The van der Waals surface area contributed by atoms with Crippen LogP contribution < -0.4 is 0 Å².